The fourth-order valence-electron chi connectivity index (χ4n) is 2.71. The Bertz CT molecular complexity index is 1220. The molecule has 9 nitrogen and oxygen atoms in total. The lowest BCUT2D eigenvalue weighted by Crippen LogP contribution is -2.18. The molecule has 0 spiro atoms. The van der Waals surface area contributed by atoms with Crippen LogP contribution in [-0.2, 0) is 11.4 Å². The van der Waals surface area contributed by atoms with E-state index in [0.29, 0.717) is 10.9 Å². The Morgan fingerprint density at radius 1 is 1.22 bits per heavy atom. The fourth-order valence-corrected chi connectivity index (χ4v) is 3.38. The first-order chi connectivity index (χ1) is 15.5. The standard InChI is InChI=1S/C21H19FN6O3S/c1-13-6-8-14(9-7-13)16-10-20(31-27-16)24-19(29)12-32-21-26-25-18(28(21)23)11-30-17-5-3-2-4-15(17)22/h2-10H,11-12,23H2,1H3,(H,24,29). The molecule has 0 fully saturated rings. The summed E-state index contributed by atoms with van der Waals surface area (Å²) in [6, 6.07) is 15.5. The molecule has 0 aliphatic carbocycles. The van der Waals surface area contributed by atoms with Gasteiger partial charge >= 0.3 is 0 Å². The van der Waals surface area contributed by atoms with Gasteiger partial charge in [0.05, 0.1) is 5.75 Å². The summed E-state index contributed by atoms with van der Waals surface area (Å²) in [4.78, 5) is 12.3. The van der Waals surface area contributed by atoms with Crippen LogP contribution in [0.15, 0.2) is 64.3 Å². The molecule has 4 rings (SSSR count). The number of rotatable bonds is 8. The highest BCUT2D eigenvalue weighted by molar-refractivity contribution is 7.99. The van der Waals surface area contributed by atoms with Crippen molar-refractivity contribution in [3.63, 3.8) is 0 Å². The van der Waals surface area contributed by atoms with Crippen LogP contribution in [0, 0.1) is 12.7 Å². The number of carbonyl (C=O) groups excluding carboxylic acids is 1. The molecule has 4 aromatic rings. The van der Waals surface area contributed by atoms with Gasteiger partial charge in [0.1, 0.15) is 12.3 Å². The number of nitrogens with one attached hydrogen (secondary N) is 1. The summed E-state index contributed by atoms with van der Waals surface area (Å²) in [5.74, 6) is 5.77. The van der Waals surface area contributed by atoms with Crippen LogP contribution in [-0.4, -0.2) is 31.7 Å². The Hall–Kier alpha value is -3.86. The van der Waals surface area contributed by atoms with Gasteiger partial charge in [-0.2, -0.15) is 0 Å². The van der Waals surface area contributed by atoms with Gasteiger partial charge in [0, 0.05) is 11.6 Å². The molecule has 164 valence electrons. The van der Waals surface area contributed by atoms with Gasteiger partial charge in [-0.3, -0.25) is 10.1 Å². The maximum atomic E-state index is 13.6. The van der Waals surface area contributed by atoms with E-state index in [0.717, 1.165) is 22.9 Å². The molecule has 2 aromatic carbocycles. The number of benzene rings is 2. The maximum absolute atomic E-state index is 13.6. The third-order valence-corrected chi connectivity index (χ3v) is 5.32. The van der Waals surface area contributed by atoms with E-state index in [-0.39, 0.29) is 35.7 Å². The van der Waals surface area contributed by atoms with Crippen LogP contribution >= 0.6 is 11.8 Å². The zero-order chi connectivity index (χ0) is 22.5. The van der Waals surface area contributed by atoms with Gasteiger partial charge < -0.3 is 15.1 Å². The highest BCUT2D eigenvalue weighted by Gasteiger charge is 2.15. The first-order valence-corrected chi connectivity index (χ1v) is 10.5. The van der Waals surface area contributed by atoms with Crippen molar-refractivity contribution in [3.05, 3.63) is 71.8 Å². The molecule has 32 heavy (non-hydrogen) atoms. The number of amides is 1. The molecular weight excluding hydrogens is 435 g/mol. The summed E-state index contributed by atoms with van der Waals surface area (Å²) in [5.41, 5.74) is 2.64. The van der Waals surface area contributed by atoms with Gasteiger partial charge in [0.25, 0.3) is 0 Å². The number of aromatic nitrogens is 4. The second-order valence-electron chi connectivity index (χ2n) is 6.77. The number of hydrogen-bond donors (Lipinski definition) is 2. The number of nitrogens with zero attached hydrogens (tertiary/aromatic N) is 4. The molecule has 0 saturated heterocycles. The molecule has 0 aliphatic rings. The molecule has 0 saturated carbocycles. The van der Waals surface area contributed by atoms with Crippen LogP contribution in [0.25, 0.3) is 11.3 Å². The zero-order valence-corrected chi connectivity index (χ0v) is 17.8. The SMILES string of the molecule is Cc1ccc(-c2cc(NC(=O)CSc3nnc(COc4ccccc4F)n3N)on2)cc1. The van der Waals surface area contributed by atoms with E-state index in [9.17, 15) is 9.18 Å². The number of thioether (sulfide) groups is 1. The molecule has 3 N–H and O–H groups in total. The second-order valence-corrected chi connectivity index (χ2v) is 7.71. The third kappa shape index (κ3) is 5.06. The minimum Gasteiger partial charge on any atom is -0.482 e. The Morgan fingerprint density at radius 3 is 2.78 bits per heavy atom. The number of halogens is 1. The van der Waals surface area contributed by atoms with Gasteiger partial charge in [-0.1, -0.05) is 58.9 Å². The number of nitrogens with two attached hydrogens (primary N) is 1. The molecule has 0 bridgehead atoms. The summed E-state index contributed by atoms with van der Waals surface area (Å²) >= 11 is 1.09. The highest BCUT2D eigenvalue weighted by atomic mass is 32.2. The number of ether oxygens (including phenoxy) is 1. The Labute approximate surface area is 186 Å². The number of anilines is 1. The van der Waals surface area contributed by atoms with Gasteiger partial charge in [-0.15, -0.1) is 10.2 Å². The quantitative estimate of drug-likeness (QED) is 0.307. The van der Waals surface area contributed by atoms with Gasteiger partial charge in [-0.25, -0.2) is 9.07 Å². The molecule has 0 radical (unpaired) electrons. The lowest BCUT2D eigenvalue weighted by molar-refractivity contribution is -0.113. The minimum absolute atomic E-state index is 0.0179. The van der Waals surface area contributed by atoms with E-state index in [1.807, 2.05) is 31.2 Å². The molecule has 0 aliphatic heterocycles. The molecule has 2 aromatic heterocycles. The van der Waals surface area contributed by atoms with Crippen LogP contribution < -0.4 is 15.9 Å². The summed E-state index contributed by atoms with van der Waals surface area (Å²) in [5, 5.41) is 14.8. The summed E-state index contributed by atoms with van der Waals surface area (Å²) in [6.07, 6.45) is 0. The number of nitrogen functional groups attached to an aromatic ring is 1. The number of hydrogen-bond acceptors (Lipinski definition) is 8. The van der Waals surface area contributed by atoms with E-state index in [2.05, 4.69) is 20.7 Å². The molecule has 0 atom stereocenters. The number of carbonyl (C=O) groups is 1. The largest absolute Gasteiger partial charge is 0.482 e. The molecule has 11 heteroatoms. The molecule has 2 heterocycles. The lowest BCUT2D eigenvalue weighted by Gasteiger charge is -2.07. The van der Waals surface area contributed by atoms with Gasteiger partial charge in [0.2, 0.25) is 16.9 Å². The van der Waals surface area contributed by atoms with Crippen LogP contribution in [0.4, 0.5) is 10.3 Å². The van der Waals surface area contributed by atoms with Crippen molar-refractivity contribution >= 4 is 23.6 Å². The first kappa shape index (κ1) is 21.4. The normalized spacial score (nSPS) is 10.8. The number of aryl methyl sites for hydroxylation is 1. The third-order valence-electron chi connectivity index (χ3n) is 4.38. The number of para-hydroxylation sites is 1. The van der Waals surface area contributed by atoms with Crippen LogP contribution in [0.2, 0.25) is 0 Å². The van der Waals surface area contributed by atoms with E-state index >= 15 is 0 Å². The van der Waals surface area contributed by atoms with Crippen molar-refractivity contribution in [2.45, 2.75) is 18.7 Å². The van der Waals surface area contributed by atoms with Crippen LogP contribution in [0.5, 0.6) is 5.75 Å². The average Bonchev–Trinajstić information content (AvgIpc) is 3.39. The van der Waals surface area contributed by atoms with E-state index in [4.69, 9.17) is 15.1 Å². The van der Waals surface area contributed by atoms with Crippen molar-refractivity contribution in [3.8, 4) is 17.0 Å². The second kappa shape index (κ2) is 9.52. The zero-order valence-electron chi connectivity index (χ0n) is 17.0. The molecular formula is C21H19FN6O3S. The van der Waals surface area contributed by atoms with Crippen molar-refractivity contribution in [2.24, 2.45) is 0 Å². The van der Waals surface area contributed by atoms with Crippen molar-refractivity contribution < 1.29 is 18.4 Å². The van der Waals surface area contributed by atoms with E-state index in [1.165, 1.54) is 16.8 Å². The summed E-state index contributed by atoms with van der Waals surface area (Å²) in [7, 11) is 0. The predicted octanol–water partition coefficient (Wildman–Crippen LogP) is 3.40. The maximum Gasteiger partial charge on any atom is 0.237 e. The smallest absolute Gasteiger partial charge is 0.237 e. The predicted molar refractivity (Wildman–Crippen MR) is 117 cm³/mol. The van der Waals surface area contributed by atoms with Crippen molar-refractivity contribution in [2.75, 3.05) is 16.9 Å². The monoisotopic (exact) mass is 454 g/mol. The van der Waals surface area contributed by atoms with E-state index < -0.39 is 5.82 Å². The Morgan fingerprint density at radius 2 is 2.00 bits per heavy atom. The molecule has 1 amide bonds. The molecule has 0 unspecified atom stereocenters. The minimum atomic E-state index is -0.486. The van der Waals surface area contributed by atoms with Crippen molar-refractivity contribution in [1.82, 2.24) is 20.0 Å². The van der Waals surface area contributed by atoms with Gasteiger partial charge in [-0.05, 0) is 19.1 Å². The average molecular weight is 454 g/mol. The van der Waals surface area contributed by atoms with Crippen LogP contribution in [0.1, 0.15) is 11.4 Å². The van der Waals surface area contributed by atoms with Gasteiger partial charge in [0.15, 0.2) is 17.4 Å². The highest BCUT2D eigenvalue weighted by Crippen LogP contribution is 2.23. The lowest BCUT2D eigenvalue weighted by atomic mass is 10.1. The Kier molecular flexibility index (Phi) is 6.36. The summed E-state index contributed by atoms with van der Waals surface area (Å²) in [6.45, 7) is 1.92. The Balaban J connectivity index is 1.30. The van der Waals surface area contributed by atoms with Crippen molar-refractivity contribution in [1.29, 1.82) is 0 Å². The summed E-state index contributed by atoms with van der Waals surface area (Å²) < 4.78 is 25.4. The van der Waals surface area contributed by atoms with Crippen LogP contribution in [0.3, 0.4) is 0 Å². The van der Waals surface area contributed by atoms with E-state index in [1.54, 1.807) is 18.2 Å². The fraction of sp³-hybridized carbons (Fsp3) is 0.143. The topological polar surface area (TPSA) is 121 Å². The first-order valence-electron chi connectivity index (χ1n) is 9.52.